The average Bonchev–Trinajstić information content (AvgIpc) is 2.83. The predicted octanol–water partition coefficient (Wildman–Crippen LogP) is 4.51. The summed E-state index contributed by atoms with van der Waals surface area (Å²) in [7, 11) is 0. The normalized spacial score (nSPS) is 14.5. The number of ketones is 1. The number of hydrogen-bond donors (Lipinski definition) is 0. The van der Waals surface area contributed by atoms with Crippen molar-refractivity contribution in [3.05, 3.63) is 96.1 Å². The number of rotatable bonds is 8. The molecule has 0 spiro atoms. The van der Waals surface area contributed by atoms with Gasteiger partial charge in [-0.1, -0.05) is 48.5 Å². The molecule has 4 nitrogen and oxygen atoms in total. The highest BCUT2D eigenvalue weighted by Gasteiger charge is 2.16. The Morgan fingerprint density at radius 2 is 1.33 bits per heavy atom. The van der Waals surface area contributed by atoms with E-state index < -0.39 is 0 Å². The Morgan fingerprint density at radius 3 is 2.00 bits per heavy atom. The average molecular weight is 401 g/mol. The highest BCUT2D eigenvalue weighted by atomic mass is 16.5. The first-order chi connectivity index (χ1) is 14.8. The van der Waals surface area contributed by atoms with Crippen LogP contribution in [0.4, 0.5) is 5.69 Å². The lowest BCUT2D eigenvalue weighted by Gasteiger charge is -2.36. The monoisotopic (exact) mass is 400 g/mol. The smallest absolute Gasteiger partial charge is 0.193 e. The van der Waals surface area contributed by atoms with Crippen LogP contribution in [0.15, 0.2) is 84.9 Å². The summed E-state index contributed by atoms with van der Waals surface area (Å²) in [6.45, 7) is 6.05. The summed E-state index contributed by atoms with van der Waals surface area (Å²) in [5.74, 6) is 0.852. The molecule has 0 bridgehead atoms. The molecule has 1 aliphatic heterocycles. The molecule has 0 saturated carbocycles. The van der Waals surface area contributed by atoms with Crippen molar-refractivity contribution >= 4 is 11.5 Å². The third-order valence-corrected chi connectivity index (χ3v) is 5.53. The second-order valence-corrected chi connectivity index (χ2v) is 7.59. The molecule has 4 rings (SSSR count). The van der Waals surface area contributed by atoms with E-state index in [9.17, 15) is 4.79 Å². The molecule has 154 valence electrons. The van der Waals surface area contributed by atoms with Crippen molar-refractivity contribution in [2.24, 2.45) is 0 Å². The summed E-state index contributed by atoms with van der Waals surface area (Å²) in [5.41, 5.74) is 2.71. The van der Waals surface area contributed by atoms with Crippen LogP contribution in [-0.2, 0) is 0 Å². The molecule has 0 amide bonds. The molecule has 1 aliphatic rings. The maximum atomic E-state index is 12.5. The number of piperazine rings is 1. The van der Waals surface area contributed by atoms with Crippen LogP contribution in [0.5, 0.6) is 5.75 Å². The second kappa shape index (κ2) is 10.1. The number of ether oxygens (including phenoxy) is 1. The third-order valence-electron chi connectivity index (χ3n) is 5.53. The topological polar surface area (TPSA) is 32.8 Å². The maximum Gasteiger partial charge on any atom is 0.193 e. The van der Waals surface area contributed by atoms with Gasteiger partial charge in [0.1, 0.15) is 5.75 Å². The first-order valence-electron chi connectivity index (χ1n) is 10.6. The van der Waals surface area contributed by atoms with E-state index in [2.05, 4.69) is 40.1 Å². The van der Waals surface area contributed by atoms with Crippen LogP contribution in [0.3, 0.4) is 0 Å². The molecule has 3 aromatic carbocycles. The number of benzene rings is 3. The van der Waals surface area contributed by atoms with Crippen molar-refractivity contribution in [3.8, 4) is 5.75 Å². The van der Waals surface area contributed by atoms with Crippen molar-refractivity contribution in [3.63, 3.8) is 0 Å². The molecule has 1 heterocycles. The zero-order valence-corrected chi connectivity index (χ0v) is 17.2. The summed E-state index contributed by atoms with van der Waals surface area (Å²) in [5, 5.41) is 0. The molecule has 1 saturated heterocycles. The minimum atomic E-state index is 0.0387. The summed E-state index contributed by atoms with van der Waals surface area (Å²) in [4.78, 5) is 17.4. The van der Waals surface area contributed by atoms with E-state index in [0.717, 1.165) is 44.9 Å². The van der Waals surface area contributed by atoms with Gasteiger partial charge in [-0.15, -0.1) is 0 Å². The Labute approximate surface area is 178 Å². The minimum absolute atomic E-state index is 0.0387. The lowest BCUT2D eigenvalue weighted by Crippen LogP contribution is -2.46. The molecule has 3 aromatic rings. The fourth-order valence-corrected chi connectivity index (χ4v) is 3.81. The quantitative estimate of drug-likeness (QED) is 0.411. The Morgan fingerprint density at radius 1 is 0.733 bits per heavy atom. The lowest BCUT2D eigenvalue weighted by atomic mass is 10.0. The van der Waals surface area contributed by atoms with Gasteiger partial charge in [-0.25, -0.2) is 0 Å². The van der Waals surface area contributed by atoms with Gasteiger partial charge in [0, 0.05) is 49.5 Å². The van der Waals surface area contributed by atoms with Crippen LogP contribution in [0.1, 0.15) is 22.3 Å². The van der Waals surface area contributed by atoms with Gasteiger partial charge >= 0.3 is 0 Å². The number of para-hydroxylation sites is 1. The number of carbonyl (C=O) groups is 1. The van der Waals surface area contributed by atoms with Crippen LogP contribution in [-0.4, -0.2) is 50.0 Å². The Kier molecular flexibility index (Phi) is 6.78. The molecule has 1 fully saturated rings. The van der Waals surface area contributed by atoms with E-state index in [-0.39, 0.29) is 5.78 Å². The molecule has 0 aliphatic carbocycles. The standard InChI is InChI=1S/C26H28N2O2/c29-26(22-8-3-1-4-9-22)23-12-14-25(15-13-23)30-21-7-16-27-17-19-28(20-18-27)24-10-5-2-6-11-24/h1-6,8-15H,7,16-21H2. The zero-order valence-electron chi connectivity index (χ0n) is 17.2. The van der Waals surface area contributed by atoms with Gasteiger partial charge in [0.2, 0.25) is 0 Å². The second-order valence-electron chi connectivity index (χ2n) is 7.59. The predicted molar refractivity (Wildman–Crippen MR) is 122 cm³/mol. The highest BCUT2D eigenvalue weighted by molar-refractivity contribution is 6.08. The molecule has 30 heavy (non-hydrogen) atoms. The van der Waals surface area contributed by atoms with Crippen molar-refractivity contribution in [2.75, 3.05) is 44.2 Å². The third kappa shape index (κ3) is 5.28. The number of anilines is 1. The summed E-state index contributed by atoms with van der Waals surface area (Å²) in [6.07, 6.45) is 0.996. The SMILES string of the molecule is O=C(c1ccccc1)c1ccc(OCCCN2CCN(c3ccccc3)CC2)cc1. The van der Waals surface area contributed by atoms with Crippen molar-refractivity contribution in [1.82, 2.24) is 4.90 Å². The molecule has 0 radical (unpaired) electrons. The van der Waals surface area contributed by atoms with Gasteiger partial charge in [-0.3, -0.25) is 9.69 Å². The van der Waals surface area contributed by atoms with Crippen molar-refractivity contribution < 1.29 is 9.53 Å². The summed E-state index contributed by atoms with van der Waals surface area (Å²) in [6, 6.07) is 27.4. The highest BCUT2D eigenvalue weighted by Crippen LogP contribution is 2.17. The van der Waals surface area contributed by atoms with E-state index in [0.29, 0.717) is 17.7 Å². The molecule has 4 heteroatoms. The zero-order chi connectivity index (χ0) is 20.6. The molecule has 0 unspecified atom stereocenters. The van der Waals surface area contributed by atoms with E-state index in [1.165, 1.54) is 5.69 Å². The van der Waals surface area contributed by atoms with E-state index >= 15 is 0 Å². The maximum absolute atomic E-state index is 12.5. The fourth-order valence-electron chi connectivity index (χ4n) is 3.81. The molecular formula is C26H28N2O2. The first-order valence-corrected chi connectivity index (χ1v) is 10.6. The van der Waals surface area contributed by atoms with Crippen LogP contribution in [0, 0.1) is 0 Å². The lowest BCUT2D eigenvalue weighted by molar-refractivity contribution is 0.103. The Hall–Kier alpha value is -3.11. The number of hydrogen-bond acceptors (Lipinski definition) is 4. The van der Waals surface area contributed by atoms with E-state index in [1.54, 1.807) is 0 Å². The molecule has 0 aromatic heterocycles. The summed E-state index contributed by atoms with van der Waals surface area (Å²) < 4.78 is 5.88. The Balaban J connectivity index is 1.17. The van der Waals surface area contributed by atoms with E-state index in [4.69, 9.17) is 4.74 Å². The van der Waals surface area contributed by atoms with Crippen LogP contribution >= 0.6 is 0 Å². The van der Waals surface area contributed by atoms with Crippen LogP contribution in [0.2, 0.25) is 0 Å². The van der Waals surface area contributed by atoms with Crippen molar-refractivity contribution in [2.45, 2.75) is 6.42 Å². The van der Waals surface area contributed by atoms with E-state index in [1.807, 2.05) is 54.6 Å². The minimum Gasteiger partial charge on any atom is -0.494 e. The molecule has 0 atom stereocenters. The Bertz CT molecular complexity index is 918. The van der Waals surface area contributed by atoms with Crippen LogP contribution < -0.4 is 9.64 Å². The largest absolute Gasteiger partial charge is 0.494 e. The van der Waals surface area contributed by atoms with Crippen LogP contribution in [0.25, 0.3) is 0 Å². The molecular weight excluding hydrogens is 372 g/mol. The van der Waals surface area contributed by atoms with Gasteiger partial charge in [-0.2, -0.15) is 0 Å². The number of carbonyl (C=O) groups excluding carboxylic acids is 1. The van der Waals surface area contributed by atoms with Gasteiger partial charge in [0.15, 0.2) is 5.78 Å². The molecule has 0 N–H and O–H groups in total. The van der Waals surface area contributed by atoms with Gasteiger partial charge in [0.25, 0.3) is 0 Å². The fraction of sp³-hybridized carbons (Fsp3) is 0.269. The number of nitrogens with zero attached hydrogens (tertiary/aromatic N) is 2. The first kappa shape index (κ1) is 20.2. The van der Waals surface area contributed by atoms with Gasteiger partial charge in [-0.05, 0) is 42.8 Å². The van der Waals surface area contributed by atoms with Crippen molar-refractivity contribution in [1.29, 1.82) is 0 Å². The van der Waals surface area contributed by atoms with Gasteiger partial charge in [0.05, 0.1) is 6.61 Å². The summed E-state index contributed by atoms with van der Waals surface area (Å²) >= 11 is 0. The van der Waals surface area contributed by atoms with Gasteiger partial charge < -0.3 is 9.64 Å².